The van der Waals surface area contributed by atoms with Gasteiger partial charge < -0.3 is 10.1 Å². The fourth-order valence-electron chi connectivity index (χ4n) is 5.48. The number of carbonyl (C=O) groups excluding carboxylic acids is 2. The number of hydrogen-bond donors (Lipinski definition) is 1. The number of hydrogen-bond acceptors (Lipinski definition) is 4. The molecule has 1 atom stereocenters. The van der Waals surface area contributed by atoms with Crippen LogP contribution in [0.1, 0.15) is 56.2 Å². The van der Waals surface area contributed by atoms with Crippen LogP contribution >= 0.6 is 0 Å². The monoisotopic (exact) mass is 439 g/mol. The fraction of sp³-hybridized carbons (Fsp3) is 0.310. The van der Waals surface area contributed by atoms with Crippen LogP contribution in [-0.2, 0) is 20.7 Å². The molecule has 5 rings (SSSR count). The molecule has 0 fully saturated rings. The van der Waals surface area contributed by atoms with E-state index in [0.29, 0.717) is 17.6 Å². The van der Waals surface area contributed by atoms with Gasteiger partial charge in [0.15, 0.2) is 5.78 Å². The quantitative estimate of drug-likeness (QED) is 0.624. The van der Waals surface area contributed by atoms with Gasteiger partial charge in [0.1, 0.15) is 0 Å². The molecule has 0 saturated carbocycles. The molecule has 1 N–H and O–H groups in total. The second-order valence-corrected chi connectivity index (χ2v) is 10.1. The third kappa shape index (κ3) is 3.74. The first-order valence-corrected chi connectivity index (χ1v) is 11.5. The lowest BCUT2D eigenvalue weighted by Gasteiger charge is -2.39. The molecule has 4 nitrogen and oxygen atoms in total. The van der Waals surface area contributed by atoms with Gasteiger partial charge in [-0.3, -0.25) is 4.79 Å². The number of ketones is 1. The summed E-state index contributed by atoms with van der Waals surface area (Å²) >= 11 is 0. The average Bonchev–Trinajstić information content (AvgIpc) is 3.25. The van der Waals surface area contributed by atoms with Crippen LogP contribution in [0.15, 0.2) is 71.1 Å². The van der Waals surface area contributed by atoms with E-state index in [1.807, 2.05) is 19.1 Å². The van der Waals surface area contributed by atoms with E-state index in [2.05, 4.69) is 61.6 Å². The maximum atomic E-state index is 13.4. The molecule has 1 heterocycles. The summed E-state index contributed by atoms with van der Waals surface area (Å²) in [6.45, 7) is 6.12. The summed E-state index contributed by atoms with van der Waals surface area (Å²) in [5.74, 6) is -0.741. The zero-order valence-electron chi connectivity index (χ0n) is 19.6. The predicted molar refractivity (Wildman–Crippen MR) is 130 cm³/mol. The number of Topliss-reactive ketones (excluding diaryl/α,β-unsaturated/α-hetero) is 1. The summed E-state index contributed by atoms with van der Waals surface area (Å²) in [4.78, 5) is 26.3. The third-order valence-electron chi connectivity index (χ3n) is 6.98. The summed E-state index contributed by atoms with van der Waals surface area (Å²) in [6.07, 6.45) is 6.56. The summed E-state index contributed by atoms with van der Waals surface area (Å²) in [6, 6.07) is 14.8. The van der Waals surface area contributed by atoms with Crippen LogP contribution in [0.3, 0.4) is 0 Å². The van der Waals surface area contributed by atoms with Crippen LogP contribution in [0.4, 0.5) is 0 Å². The smallest absolute Gasteiger partial charge is 0.336 e. The maximum absolute atomic E-state index is 13.4. The molecule has 3 aliphatic rings. The highest BCUT2D eigenvalue weighted by Crippen LogP contribution is 2.47. The van der Waals surface area contributed by atoms with E-state index < -0.39 is 11.9 Å². The van der Waals surface area contributed by atoms with Gasteiger partial charge in [0.05, 0.1) is 12.7 Å². The minimum atomic E-state index is -0.438. The van der Waals surface area contributed by atoms with Gasteiger partial charge in [0.25, 0.3) is 0 Å². The van der Waals surface area contributed by atoms with Crippen molar-refractivity contribution in [2.75, 3.05) is 7.11 Å². The second-order valence-electron chi connectivity index (χ2n) is 10.1. The Morgan fingerprint density at radius 3 is 2.67 bits per heavy atom. The number of methoxy groups -OCH3 is 1. The molecule has 0 radical (unpaired) electrons. The van der Waals surface area contributed by atoms with Crippen LogP contribution in [-0.4, -0.2) is 18.9 Å². The van der Waals surface area contributed by atoms with E-state index in [-0.39, 0.29) is 11.2 Å². The van der Waals surface area contributed by atoms with Gasteiger partial charge in [-0.05, 0) is 59.1 Å². The molecule has 2 aliphatic carbocycles. The van der Waals surface area contributed by atoms with Gasteiger partial charge >= 0.3 is 5.97 Å². The average molecular weight is 440 g/mol. The molecular formula is C29H29NO3. The van der Waals surface area contributed by atoms with Crippen LogP contribution in [0, 0.1) is 5.41 Å². The van der Waals surface area contributed by atoms with Crippen LogP contribution in [0.2, 0.25) is 0 Å². The minimum absolute atomic E-state index is 0.0979. The molecule has 2 aromatic carbocycles. The van der Waals surface area contributed by atoms with Gasteiger partial charge in [-0.25, -0.2) is 4.79 Å². The highest BCUT2D eigenvalue weighted by atomic mass is 16.5. The minimum Gasteiger partial charge on any atom is -0.466 e. The first-order chi connectivity index (χ1) is 15.8. The molecule has 1 unspecified atom stereocenters. The Balaban J connectivity index is 1.65. The molecule has 1 aliphatic heterocycles. The van der Waals surface area contributed by atoms with E-state index in [1.54, 1.807) is 0 Å². The number of allylic oxidation sites excluding steroid dienone is 4. The molecule has 33 heavy (non-hydrogen) atoms. The molecule has 0 saturated heterocycles. The van der Waals surface area contributed by atoms with Crippen molar-refractivity contribution in [3.8, 4) is 11.1 Å². The van der Waals surface area contributed by atoms with Crippen molar-refractivity contribution in [1.82, 2.24) is 5.32 Å². The summed E-state index contributed by atoms with van der Waals surface area (Å²) in [5, 5.41) is 3.37. The molecule has 4 heteroatoms. The SMILES string of the molecule is COC(=O)C1=C(C)NC2=C(C(=O)CC(C)(C)C2)C1c1cccc(-c2ccc3c(c2)C=CC3)c1. The Morgan fingerprint density at radius 2 is 1.88 bits per heavy atom. The first kappa shape index (κ1) is 21.4. The molecule has 0 bridgehead atoms. The number of fused-ring (bicyclic) bond motifs is 1. The molecule has 2 aromatic rings. The Hall–Kier alpha value is -3.40. The lowest BCUT2D eigenvalue weighted by molar-refractivity contribution is -0.136. The van der Waals surface area contributed by atoms with E-state index in [1.165, 1.54) is 18.2 Å². The fourth-order valence-corrected chi connectivity index (χ4v) is 5.48. The van der Waals surface area contributed by atoms with E-state index in [0.717, 1.165) is 40.9 Å². The lowest BCUT2D eigenvalue weighted by atomic mass is 9.68. The van der Waals surface area contributed by atoms with Gasteiger partial charge in [0, 0.05) is 29.3 Å². The van der Waals surface area contributed by atoms with Crippen molar-refractivity contribution in [3.63, 3.8) is 0 Å². The van der Waals surface area contributed by atoms with Crippen LogP contribution in [0.5, 0.6) is 0 Å². The van der Waals surface area contributed by atoms with Crippen molar-refractivity contribution in [2.45, 2.75) is 46.0 Å². The van der Waals surface area contributed by atoms with Crippen molar-refractivity contribution >= 4 is 17.8 Å². The highest BCUT2D eigenvalue weighted by Gasteiger charge is 2.43. The van der Waals surface area contributed by atoms with Gasteiger partial charge in [0.2, 0.25) is 0 Å². The predicted octanol–water partition coefficient (Wildman–Crippen LogP) is 5.70. The number of nitrogens with one attached hydrogen (secondary N) is 1. The standard InChI is InChI=1S/C29H29NO3/c1-17-25(28(32)33-4)26(27-23(30-17)15-29(2,3)16-24(27)31)22-10-6-9-20(14-22)21-12-11-18-7-5-8-19(18)13-21/h5-6,8-14,26,30H,7,15-16H2,1-4H3. The third-order valence-corrected chi connectivity index (χ3v) is 6.98. The van der Waals surface area contributed by atoms with Gasteiger partial charge in [-0.1, -0.05) is 62.4 Å². The summed E-state index contributed by atoms with van der Waals surface area (Å²) < 4.78 is 5.15. The molecule has 0 spiro atoms. The molecule has 168 valence electrons. The highest BCUT2D eigenvalue weighted by molar-refractivity contribution is 6.04. The van der Waals surface area contributed by atoms with Crippen molar-refractivity contribution in [1.29, 1.82) is 0 Å². The van der Waals surface area contributed by atoms with Crippen molar-refractivity contribution in [2.24, 2.45) is 5.41 Å². The zero-order valence-corrected chi connectivity index (χ0v) is 19.6. The number of carbonyl (C=O) groups is 2. The summed E-state index contributed by atoms with van der Waals surface area (Å²) in [5.41, 5.74) is 8.51. The van der Waals surface area contributed by atoms with Crippen LogP contribution in [0.25, 0.3) is 17.2 Å². The molecule has 0 aromatic heterocycles. The van der Waals surface area contributed by atoms with E-state index in [4.69, 9.17) is 4.74 Å². The number of esters is 1. The van der Waals surface area contributed by atoms with Crippen molar-refractivity contribution in [3.05, 3.63) is 87.8 Å². The number of dihydropyridines is 1. The lowest BCUT2D eigenvalue weighted by Crippen LogP contribution is -2.38. The van der Waals surface area contributed by atoms with Gasteiger partial charge in [-0.15, -0.1) is 0 Å². The van der Waals surface area contributed by atoms with Crippen LogP contribution < -0.4 is 5.32 Å². The largest absolute Gasteiger partial charge is 0.466 e. The number of benzene rings is 2. The molecule has 0 amide bonds. The Bertz CT molecular complexity index is 1280. The van der Waals surface area contributed by atoms with Gasteiger partial charge in [-0.2, -0.15) is 0 Å². The molecular weight excluding hydrogens is 410 g/mol. The Labute approximate surface area is 195 Å². The maximum Gasteiger partial charge on any atom is 0.336 e. The Morgan fingerprint density at radius 1 is 1.09 bits per heavy atom. The van der Waals surface area contributed by atoms with Crippen molar-refractivity contribution < 1.29 is 14.3 Å². The summed E-state index contributed by atoms with van der Waals surface area (Å²) in [7, 11) is 1.39. The normalized spacial score (nSPS) is 21.0. The second kappa shape index (κ2) is 7.87. The Kier molecular flexibility index (Phi) is 5.12. The topological polar surface area (TPSA) is 55.4 Å². The van der Waals surface area contributed by atoms with E-state index >= 15 is 0 Å². The first-order valence-electron chi connectivity index (χ1n) is 11.5. The number of rotatable bonds is 3. The number of ether oxygens (including phenoxy) is 1. The van der Waals surface area contributed by atoms with E-state index in [9.17, 15) is 9.59 Å². The zero-order chi connectivity index (χ0) is 23.3.